The largest absolute Gasteiger partial charge is 0.382 e. The Labute approximate surface area is 147 Å². The molecule has 2 N–H and O–H groups in total. The zero-order chi connectivity index (χ0) is 13.9. The summed E-state index contributed by atoms with van der Waals surface area (Å²) in [5, 5.41) is 6.54. The van der Waals surface area contributed by atoms with Crippen molar-refractivity contribution >= 4 is 52.9 Å². The summed E-state index contributed by atoms with van der Waals surface area (Å²) in [4.78, 5) is 5.45. The molecule has 20 heavy (non-hydrogen) atoms. The summed E-state index contributed by atoms with van der Waals surface area (Å²) in [5.74, 6) is 0.833. The van der Waals surface area contributed by atoms with Gasteiger partial charge in [-0.05, 0) is 31.9 Å². The van der Waals surface area contributed by atoms with E-state index < -0.39 is 0 Å². The molecule has 0 saturated carbocycles. The Kier molecular flexibility index (Phi) is 12.6. The molecule has 1 heterocycles. The lowest BCUT2D eigenvalue weighted by atomic mass is 10.3. The summed E-state index contributed by atoms with van der Waals surface area (Å²) in [6.45, 7) is 5.28. The molecule has 1 aromatic rings. The van der Waals surface area contributed by atoms with Gasteiger partial charge in [-0.2, -0.15) is 0 Å². The quantitative estimate of drug-likeness (QED) is 0.288. The van der Waals surface area contributed by atoms with Gasteiger partial charge >= 0.3 is 0 Å². The highest BCUT2D eigenvalue weighted by atomic mass is 127. The van der Waals surface area contributed by atoms with Crippen LogP contribution in [0.15, 0.2) is 17.1 Å². The van der Waals surface area contributed by atoms with Gasteiger partial charge < -0.3 is 15.4 Å². The average Bonchev–Trinajstić information content (AvgIpc) is 2.82. The minimum atomic E-state index is 0. The van der Waals surface area contributed by atoms with Gasteiger partial charge in [0.05, 0.1) is 4.34 Å². The molecule has 0 fully saturated rings. The highest BCUT2D eigenvalue weighted by Crippen LogP contribution is 2.21. The van der Waals surface area contributed by atoms with E-state index in [4.69, 9.17) is 16.3 Å². The number of nitrogens with zero attached hydrogens (tertiary/aromatic N) is 1. The van der Waals surface area contributed by atoms with Crippen LogP contribution in [0.25, 0.3) is 0 Å². The molecule has 0 aliphatic carbocycles. The van der Waals surface area contributed by atoms with E-state index in [0.29, 0.717) is 0 Å². The number of aliphatic imine (C=N–C) groups is 1. The number of rotatable bonds is 8. The molecule has 0 aromatic carbocycles. The van der Waals surface area contributed by atoms with E-state index in [9.17, 15) is 0 Å². The van der Waals surface area contributed by atoms with Crippen molar-refractivity contribution in [3.63, 3.8) is 0 Å². The van der Waals surface area contributed by atoms with Crippen molar-refractivity contribution in [3.05, 3.63) is 21.3 Å². The molecule has 1 aromatic heterocycles. The van der Waals surface area contributed by atoms with E-state index in [-0.39, 0.29) is 24.0 Å². The van der Waals surface area contributed by atoms with E-state index in [0.717, 1.165) is 49.4 Å². The van der Waals surface area contributed by atoms with Crippen LogP contribution in [0.4, 0.5) is 0 Å². The van der Waals surface area contributed by atoms with Crippen molar-refractivity contribution < 1.29 is 4.74 Å². The fourth-order valence-corrected chi connectivity index (χ4v) is 2.62. The molecule has 0 saturated heterocycles. The normalized spacial score (nSPS) is 11.1. The topological polar surface area (TPSA) is 45.6 Å². The summed E-state index contributed by atoms with van der Waals surface area (Å²) in [5.41, 5.74) is 0. The Bertz CT molecular complexity index is 387. The van der Waals surface area contributed by atoms with Crippen LogP contribution in [0.5, 0.6) is 0 Å². The Hall–Kier alpha value is -0.0500. The van der Waals surface area contributed by atoms with Crippen LogP contribution in [0, 0.1) is 0 Å². The fraction of sp³-hybridized carbons (Fsp3) is 0.615. The lowest BCUT2D eigenvalue weighted by Crippen LogP contribution is -2.38. The third kappa shape index (κ3) is 8.99. The molecule has 1 rings (SSSR count). The molecule has 0 aliphatic rings. The van der Waals surface area contributed by atoms with Crippen LogP contribution in [-0.4, -0.2) is 39.3 Å². The van der Waals surface area contributed by atoms with Gasteiger partial charge in [-0.3, -0.25) is 4.99 Å². The van der Waals surface area contributed by atoms with Crippen LogP contribution in [0.2, 0.25) is 4.34 Å². The minimum absolute atomic E-state index is 0. The lowest BCUT2D eigenvalue weighted by molar-refractivity contribution is 0.145. The standard InChI is InChI=1S/C13H22ClN3OS.HI/c1-3-18-10-4-8-16-13(15-2)17-9-7-11-5-6-12(14)19-11;/h5-6H,3-4,7-10H2,1-2H3,(H2,15,16,17);1H. The summed E-state index contributed by atoms with van der Waals surface area (Å²) in [6.07, 6.45) is 1.94. The third-order valence-corrected chi connectivity index (χ3v) is 3.77. The van der Waals surface area contributed by atoms with Crippen LogP contribution < -0.4 is 10.6 Å². The van der Waals surface area contributed by atoms with Crippen molar-refractivity contribution in [2.75, 3.05) is 33.4 Å². The summed E-state index contributed by atoms with van der Waals surface area (Å²) >= 11 is 7.51. The van der Waals surface area contributed by atoms with E-state index in [1.165, 1.54) is 4.88 Å². The summed E-state index contributed by atoms with van der Waals surface area (Å²) in [6, 6.07) is 4.00. The van der Waals surface area contributed by atoms with Gasteiger partial charge in [0.1, 0.15) is 0 Å². The van der Waals surface area contributed by atoms with Crippen molar-refractivity contribution in [2.24, 2.45) is 4.99 Å². The zero-order valence-corrected chi connectivity index (χ0v) is 15.9. The summed E-state index contributed by atoms with van der Waals surface area (Å²) in [7, 11) is 1.78. The molecule has 0 bridgehead atoms. The van der Waals surface area contributed by atoms with Crippen molar-refractivity contribution in [3.8, 4) is 0 Å². The molecule has 0 unspecified atom stereocenters. The molecule has 0 radical (unpaired) electrons. The average molecular weight is 432 g/mol. The van der Waals surface area contributed by atoms with Gasteiger partial charge in [-0.1, -0.05) is 11.6 Å². The second-order valence-electron chi connectivity index (χ2n) is 3.93. The Balaban J connectivity index is 0.00000361. The number of hydrogen-bond acceptors (Lipinski definition) is 3. The van der Waals surface area contributed by atoms with Gasteiger partial charge in [-0.25, -0.2) is 0 Å². The maximum Gasteiger partial charge on any atom is 0.190 e. The van der Waals surface area contributed by atoms with Gasteiger partial charge in [0.25, 0.3) is 0 Å². The number of thiophene rings is 1. The van der Waals surface area contributed by atoms with Crippen LogP contribution in [0.1, 0.15) is 18.2 Å². The highest BCUT2D eigenvalue weighted by Gasteiger charge is 2.00. The van der Waals surface area contributed by atoms with Gasteiger partial charge in [0, 0.05) is 38.2 Å². The first-order valence-corrected chi connectivity index (χ1v) is 7.72. The molecule has 0 amide bonds. The molecule has 0 atom stereocenters. The summed E-state index contributed by atoms with van der Waals surface area (Å²) < 4.78 is 6.12. The van der Waals surface area contributed by atoms with E-state index in [1.54, 1.807) is 18.4 Å². The molecular weight excluding hydrogens is 409 g/mol. The predicted molar refractivity (Wildman–Crippen MR) is 98.9 cm³/mol. The lowest BCUT2D eigenvalue weighted by Gasteiger charge is -2.11. The maximum absolute atomic E-state index is 5.89. The first-order chi connectivity index (χ1) is 9.26. The Morgan fingerprint density at radius 2 is 2.10 bits per heavy atom. The Morgan fingerprint density at radius 1 is 1.35 bits per heavy atom. The van der Waals surface area contributed by atoms with Gasteiger partial charge in [0.2, 0.25) is 0 Å². The third-order valence-electron chi connectivity index (χ3n) is 2.48. The monoisotopic (exact) mass is 431 g/mol. The number of ether oxygens (including phenoxy) is 1. The number of guanidine groups is 1. The molecule has 4 nitrogen and oxygen atoms in total. The number of nitrogens with one attached hydrogen (secondary N) is 2. The molecule has 0 spiro atoms. The van der Waals surface area contributed by atoms with Crippen molar-refractivity contribution in [1.29, 1.82) is 0 Å². The van der Waals surface area contributed by atoms with E-state index >= 15 is 0 Å². The second kappa shape index (κ2) is 12.7. The first kappa shape index (κ1) is 19.9. The predicted octanol–water partition coefficient (Wildman–Crippen LogP) is 3.15. The first-order valence-electron chi connectivity index (χ1n) is 6.52. The van der Waals surface area contributed by atoms with Gasteiger partial charge in [0.15, 0.2) is 5.96 Å². The van der Waals surface area contributed by atoms with Crippen LogP contribution >= 0.6 is 46.9 Å². The SMILES string of the molecule is CCOCCCNC(=NC)NCCc1ccc(Cl)s1.I. The molecule has 116 valence electrons. The molecule has 0 aliphatic heterocycles. The minimum Gasteiger partial charge on any atom is -0.382 e. The second-order valence-corrected chi connectivity index (χ2v) is 5.73. The van der Waals surface area contributed by atoms with E-state index in [2.05, 4.69) is 21.7 Å². The zero-order valence-electron chi connectivity index (χ0n) is 11.9. The molecular formula is C13H23ClIN3OS. The number of halogens is 2. The fourth-order valence-electron chi connectivity index (χ4n) is 1.54. The van der Waals surface area contributed by atoms with Crippen molar-refractivity contribution in [1.82, 2.24) is 10.6 Å². The van der Waals surface area contributed by atoms with Crippen molar-refractivity contribution in [2.45, 2.75) is 19.8 Å². The Morgan fingerprint density at radius 3 is 2.70 bits per heavy atom. The smallest absolute Gasteiger partial charge is 0.190 e. The van der Waals surface area contributed by atoms with Gasteiger partial charge in [-0.15, -0.1) is 35.3 Å². The maximum atomic E-state index is 5.89. The molecule has 7 heteroatoms. The highest BCUT2D eigenvalue weighted by molar-refractivity contribution is 14.0. The number of hydrogen-bond donors (Lipinski definition) is 2. The van der Waals surface area contributed by atoms with E-state index in [1.807, 2.05) is 13.0 Å². The van der Waals surface area contributed by atoms with Crippen LogP contribution in [0.3, 0.4) is 0 Å². The van der Waals surface area contributed by atoms with Crippen LogP contribution in [-0.2, 0) is 11.2 Å².